The molecule has 1 amide bonds. The molecule has 200 valence electrons. The van der Waals surface area contributed by atoms with Gasteiger partial charge in [-0.05, 0) is 57.6 Å². The maximum absolute atomic E-state index is 12.5. The number of ether oxygens (including phenoxy) is 2. The van der Waals surface area contributed by atoms with Gasteiger partial charge >= 0.3 is 6.09 Å². The minimum atomic E-state index is -0.595. The van der Waals surface area contributed by atoms with Crippen molar-refractivity contribution in [2.24, 2.45) is 11.8 Å². The molecule has 2 N–H and O–H groups in total. The molecule has 2 aliphatic rings. The van der Waals surface area contributed by atoms with Gasteiger partial charge in [0.2, 0.25) is 16.0 Å². The number of nitrogens with one attached hydrogen (secondary N) is 1. The zero-order chi connectivity index (χ0) is 26.5. The van der Waals surface area contributed by atoms with Crippen LogP contribution in [0.1, 0.15) is 59.1 Å². The number of hydrogen-bond donors (Lipinski definition) is 2. The summed E-state index contributed by atoms with van der Waals surface area (Å²) in [6.07, 6.45) is 2.29. The lowest BCUT2D eigenvalue weighted by Crippen LogP contribution is -2.54. The summed E-state index contributed by atoms with van der Waals surface area (Å²) in [5, 5.41) is 19.5. The first-order valence-corrected chi connectivity index (χ1v) is 13.7. The number of hydrogen-bond acceptors (Lipinski definition) is 9. The van der Waals surface area contributed by atoms with E-state index >= 15 is 0 Å². The molecule has 3 aromatic heterocycles. The molecule has 1 saturated heterocycles. The number of carbonyl (C=O) groups excluding carboxylic acids is 1. The van der Waals surface area contributed by atoms with Crippen molar-refractivity contribution in [3.8, 4) is 17.1 Å². The minimum absolute atomic E-state index is 0.111. The second-order valence-corrected chi connectivity index (χ2v) is 12.3. The molecule has 10 nitrogen and oxygen atoms in total. The number of anilines is 1. The van der Waals surface area contributed by atoms with Crippen LogP contribution in [0.4, 0.5) is 9.93 Å². The van der Waals surface area contributed by atoms with Gasteiger partial charge in [0.1, 0.15) is 5.60 Å². The molecule has 2 fully saturated rings. The number of aliphatic hydroxyl groups is 1. The molecular weight excluding hydrogens is 492 g/mol. The zero-order valence-corrected chi connectivity index (χ0v) is 23.1. The first-order valence-electron chi connectivity index (χ1n) is 12.9. The fourth-order valence-electron chi connectivity index (χ4n) is 5.38. The Morgan fingerprint density at radius 2 is 2.03 bits per heavy atom. The molecular formula is C26H36N6O4S. The van der Waals surface area contributed by atoms with Gasteiger partial charge in [0.25, 0.3) is 0 Å². The van der Waals surface area contributed by atoms with Gasteiger partial charge in [-0.15, -0.1) is 5.10 Å². The second-order valence-electron chi connectivity index (χ2n) is 11.3. The third-order valence-corrected chi connectivity index (χ3v) is 8.16. The van der Waals surface area contributed by atoms with Crippen LogP contribution in [-0.2, 0) is 4.74 Å². The molecule has 0 unspecified atom stereocenters. The Balaban J connectivity index is 1.38. The highest BCUT2D eigenvalue weighted by Gasteiger charge is 2.46. The number of fused-ring (bicyclic) bond motifs is 2. The molecule has 1 aliphatic carbocycles. The van der Waals surface area contributed by atoms with E-state index in [0.717, 1.165) is 40.0 Å². The number of nitrogens with zero attached hydrogens (tertiary/aromatic N) is 5. The van der Waals surface area contributed by atoms with E-state index in [9.17, 15) is 9.90 Å². The Bertz CT molecular complexity index is 1280. The molecule has 0 bridgehead atoms. The van der Waals surface area contributed by atoms with Gasteiger partial charge < -0.3 is 24.8 Å². The monoisotopic (exact) mass is 528 g/mol. The highest BCUT2D eigenvalue weighted by Crippen LogP contribution is 2.40. The van der Waals surface area contributed by atoms with Gasteiger partial charge in [-0.2, -0.15) is 0 Å². The highest BCUT2D eigenvalue weighted by atomic mass is 32.1. The third-order valence-electron chi connectivity index (χ3n) is 7.17. The number of carbonyl (C=O) groups is 1. The van der Waals surface area contributed by atoms with Gasteiger partial charge in [0, 0.05) is 24.7 Å². The van der Waals surface area contributed by atoms with Crippen LogP contribution in [-0.4, -0.2) is 68.7 Å². The lowest BCUT2D eigenvalue weighted by Gasteiger charge is -2.37. The molecule has 0 aromatic carbocycles. The Hall–Kier alpha value is -2.92. The predicted octanol–water partition coefficient (Wildman–Crippen LogP) is 4.09. The second kappa shape index (κ2) is 9.75. The van der Waals surface area contributed by atoms with Crippen molar-refractivity contribution in [2.75, 3.05) is 25.1 Å². The van der Waals surface area contributed by atoms with E-state index in [0.29, 0.717) is 30.7 Å². The lowest BCUT2D eigenvalue weighted by molar-refractivity contribution is 0.0187. The average Bonchev–Trinajstić information content (AvgIpc) is 3.53. The van der Waals surface area contributed by atoms with Gasteiger partial charge in [-0.1, -0.05) is 25.2 Å². The fourth-order valence-corrected chi connectivity index (χ4v) is 6.28. The van der Waals surface area contributed by atoms with Gasteiger partial charge in [0.05, 0.1) is 36.7 Å². The van der Waals surface area contributed by atoms with E-state index in [2.05, 4.69) is 34.0 Å². The van der Waals surface area contributed by atoms with Crippen LogP contribution >= 0.6 is 11.3 Å². The molecule has 0 spiro atoms. The van der Waals surface area contributed by atoms with E-state index < -0.39 is 17.8 Å². The van der Waals surface area contributed by atoms with E-state index in [1.807, 2.05) is 37.4 Å². The predicted molar refractivity (Wildman–Crippen MR) is 142 cm³/mol. The van der Waals surface area contributed by atoms with Crippen LogP contribution in [0, 0.1) is 11.8 Å². The molecule has 3 aromatic rings. The first kappa shape index (κ1) is 25.7. The summed E-state index contributed by atoms with van der Waals surface area (Å²) >= 11 is 1.53. The number of amides is 1. The standard InChI is InChI=1S/C26H36N6O4S/c1-14(2)18-9-8-16(22(28-18)35-6)19-11-27-23-32(19)30-24(37-23)31-12-15-7-10-20(33)21(17(15)13-31)29-25(34)36-26(3,4)5/h8-9,11,14-15,17,20-21,33H,7,10,12-13H2,1-6H3,(H,29,34)/t15-,17+,20+,21+/m1/s1. The van der Waals surface area contributed by atoms with E-state index in [1.165, 1.54) is 11.3 Å². The summed E-state index contributed by atoms with van der Waals surface area (Å²) in [4.78, 5) is 24.8. The molecule has 4 heterocycles. The SMILES string of the molecule is COc1nc(C(C)C)ccc1-c1cnc2sc(N3C[C@H]4CC[C@H](O)[C@@H](NC(=O)OC(C)(C)C)[C@H]4C3)nn12. The Kier molecular flexibility index (Phi) is 6.78. The largest absolute Gasteiger partial charge is 0.480 e. The Morgan fingerprint density at radius 3 is 2.73 bits per heavy atom. The van der Waals surface area contributed by atoms with Crippen LogP contribution in [0.25, 0.3) is 16.2 Å². The summed E-state index contributed by atoms with van der Waals surface area (Å²) in [6, 6.07) is 3.68. The summed E-state index contributed by atoms with van der Waals surface area (Å²) in [6.45, 7) is 11.2. The van der Waals surface area contributed by atoms with Crippen LogP contribution in [0.3, 0.4) is 0 Å². The van der Waals surface area contributed by atoms with Gasteiger partial charge in [-0.3, -0.25) is 0 Å². The van der Waals surface area contributed by atoms with Gasteiger partial charge in [-0.25, -0.2) is 19.3 Å². The normalized spacial score (nSPS) is 23.9. The number of imidazole rings is 1. The van der Waals surface area contributed by atoms with Crippen molar-refractivity contribution < 1.29 is 19.4 Å². The molecule has 37 heavy (non-hydrogen) atoms. The maximum atomic E-state index is 12.5. The van der Waals surface area contributed by atoms with E-state index in [-0.39, 0.29) is 12.0 Å². The summed E-state index contributed by atoms with van der Waals surface area (Å²) in [5.41, 5.74) is 2.05. The molecule has 1 aliphatic heterocycles. The van der Waals surface area contributed by atoms with Crippen molar-refractivity contribution in [2.45, 2.75) is 71.1 Å². The number of aliphatic hydroxyl groups excluding tert-OH is 1. The smallest absolute Gasteiger partial charge is 0.407 e. The summed E-state index contributed by atoms with van der Waals surface area (Å²) < 4.78 is 12.9. The topological polar surface area (TPSA) is 114 Å². The number of methoxy groups -OCH3 is 1. The summed E-state index contributed by atoms with van der Waals surface area (Å²) in [7, 11) is 1.63. The van der Waals surface area contributed by atoms with Crippen LogP contribution in [0.15, 0.2) is 18.3 Å². The van der Waals surface area contributed by atoms with Gasteiger partial charge in [0.15, 0.2) is 0 Å². The quantitative estimate of drug-likeness (QED) is 0.509. The number of aromatic nitrogens is 4. The lowest BCUT2D eigenvalue weighted by atomic mass is 9.76. The van der Waals surface area contributed by atoms with Crippen LogP contribution < -0.4 is 15.0 Å². The zero-order valence-electron chi connectivity index (χ0n) is 22.3. The molecule has 11 heteroatoms. The number of rotatable bonds is 5. The fraction of sp³-hybridized carbons (Fsp3) is 0.615. The van der Waals surface area contributed by atoms with Crippen molar-refractivity contribution >= 4 is 27.5 Å². The number of alkyl carbamates (subject to hydrolysis) is 1. The minimum Gasteiger partial charge on any atom is -0.480 e. The Labute approximate surface area is 221 Å². The van der Waals surface area contributed by atoms with Crippen molar-refractivity contribution in [3.63, 3.8) is 0 Å². The first-order chi connectivity index (χ1) is 17.5. The van der Waals surface area contributed by atoms with E-state index in [4.69, 9.17) is 14.6 Å². The average molecular weight is 529 g/mol. The van der Waals surface area contributed by atoms with Crippen LogP contribution in [0.2, 0.25) is 0 Å². The van der Waals surface area contributed by atoms with Crippen molar-refractivity contribution in [1.82, 2.24) is 24.9 Å². The number of pyridine rings is 1. The van der Waals surface area contributed by atoms with Crippen molar-refractivity contribution in [3.05, 3.63) is 24.0 Å². The Morgan fingerprint density at radius 1 is 1.24 bits per heavy atom. The van der Waals surface area contributed by atoms with Crippen molar-refractivity contribution in [1.29, 1.82) is 0 Å². The molecule has 0 radical (unpaired) electrons. The molecule has 4 atom stereocenters. The molecule has 1 saturated carbocycles. The maximum Gasteiger partial charge on any atom is 0.407 e. The summed E-state index contributed by atoms with van der Waals surface area (Å²) in [5.74, 6) is 1.32. The van der Waals surface area contributed by atoms with Crippen LogP contribution in [0.5, 0.6) is 5.88 Å². The highest BCUT2D eigenvalue weighted by molar-refractivity contribution is 7.20. The van der Waals surface area contributed by atoms with E-state index in [1.54, 1.807) is 13.3 Å². The third kappa shape index (κ3) is 5.11. The molecule has 5 rings (SSSR count).